The van der Waals surface area contributed by atoms with Gasteiger partial charge in [0, 0.05) is 44.5 Å². The molecule has 0 radical (unpaired) electrons. The van der Waals surface area contributed by atoms with Gasteiger partial charge in [0.1, 0.15) is 18.0 Å². The zero-order chi connectivity index (χ0) is 16.1. The van der Waals surface area contributed by atoms with E-state index in [-0.39, 0.29) is 0 Å². The molecule has 1 aliphatic rings. The lowest BCUT2D eigenvalue weighted by molar-refractivity contribution is 0.397. The highest BCUT2D eigenvalue weighted by molar-refractivity contribution is 5.49. The Morgan fingerprint density at radius 3 is 3.09 bits per heavy atom. The Labute approximate surface area is 135 Å². The van der Waals surface area contributed by atoms with Crippen molar-refractivity contribution in [3.05, 3.63) is 24.7 Å². The van der Waals surface area contributed by atoms with Crippen LogP contribution in [0.1, 0.15) is 12.8 Å². The maximum absolute atomic E-state index is 5.12. The number of nitrogens with one attached hydrogen (secondary N) is 2. The number of methoxy groups -OCH3 is 1. The number of hydrogen-bond donors (Lipinski definition) is 2. The van der Waals surface area contributed by atoms with Crippen LogP contribution in [-0.2, 0) is 0 Å². The maximum atomic E-state index is 5.12. The Kier molecular flexibility index (Phi) is 4.70. The molecule has 2 aromatic heterocycles. The molecule has 1 fully saturated rings. The molecule has 23 heavy (non-hydrogen) atoms. The van der Waals surface area contributed by atoms with E-state index in [0.29, 0.717) is 17.9 Å². The van der Waals surface area contributed by atoms with Gasteiger partial charge in [0.2, 0.25) is 11.8 Å². The quantitative estimate of drug-likeness (QED) is 0.827. The second-order valence-corrected chi connectivity index (χ2v) is 5.30. The third-order valence-corrected chi connectivity index (χ3v) is 3.92. The molecule has 0 saturated carbocycles. The van der Waals surface area contributed by atoms with E-state index in [1.165, 1.54) is 0 Å². The number of anilines is 3. The second-order valence-electron chi connectivity index (χ2n) is 5.30. The predicted octanol–water partition coefficient (Wildman–Crippen LogP) is 1.40. The lowest BCUT2D eigenvalue weighted by Gasteiger charge is -2.26. The second kappa shape index (κ2) is 7.08. The van der Waals surface area contributed by atoms with Gasteiger partial charge in [-0.15, -0.1) is 0 Å². The first kappa shape index (κ1) is 15.3. The summed E-state index contributed by atoms with van der Waals surface area (Å²) in [6.07, 6.45) is 5.53. The summed E-state index contributed by atoms with van der Waals surface area (Å²) in [6, 6.07) is 4.05. The van der Waals surface area contributed by atoms with Crippen molar-refractivity contribution in [1.82, 2.24) is 19.9 Å². The fourth-order valence-corrected chi connectivity index (χ4v) is 2.74. The van der Waals surface area contributed by atoms with E-state index < -0.39 is 0 Å². The van der Waals surface area contributed by atoms with E-state index in [0.717, 1.165) is 37.6 Å². The molecule has 1 aliphatic heterocycles. The Morgan fingerprint density at radius 2 is 2.26 bits per heavy atom. The van der Waals surface area contributed by atoms with E-state index >= 15 is 0 Å². The molecule has 3 heterocycles. The molecule has 122 valence electrons. The van der Waals surface area contributed by atoms with Crippen LogP contribution in [0.5, 0.6) is 5.88 Å². The highest BCUT2D eigenvalue weighted by atomic mass is 16.5. The van der Waals surface area contributed by atoms with Crippen molar-refractivity contribution in [2.45, 2.75) is 18.9 Å². The Bertz CT molecular complexity index is 651. The van der Waals surface area contributed by atoms with Crippen LogP contribution in [0.3, 0.4) is 0 Å². The largest absolute Gasteiger partial charge is 0.481 e. The molecule has 3 rings (SSSR count). The molecular formula is C15H21N7O. The van der Waals surface area contributed by atoms with Crippen molar-refractivity contribution >= 4 is 17.6 Å². The fraction of sp³-hybridized carbons (Fsp3) is 0.467. The highest BCUT2D eigenvalue weighted by Gasteiger charge is 2.26. The smallest absolute Gasteiger partial charge is 0.226 e. The van der Waals surface area contributed by atoms with Gasteiger partial charge in [0.15, 0.2) is 0 Å². The van der Waals surface area contributed by atoms with Crippen molar-refractivity contribution in [2.24, 2.45) is 0 Å². The molecule has 0 bridgehead atoms. The van der Waals surface area contributed by atoms with Gasteiger partial charge in [-0.1, -0.05) is 0 Å². The molecule has 1 saturated heterocycles. The maximum Gasteiger partial charge on any atom is 0.226 e. The van der Waals surface area contributed by atoms with E-state index in [1.54, 1.807) is 25.7 Å². The number of nitrogens with zero attached hydrogens (tertiary/aromatic N) is 5. The molecule has 8 heteroatoms. The van der Waals surface area contributed by atoms with Crippen LogP contribution < -0.4 is 20.3 Å². The Hall–Kier alpha value is -2.64. The molecule has 2 N–H and O–H groups in total. The van der Waals surface area contributed by atoms with Gasteiger partial charge in [-0.25, -0.2) is 15.0 Å². The minimum Gasteiger partial charge on any atom is -0.481 e. The third kappa shape index (κ3) is 3.58. The van der Waals surface area contributed by atoms with Crippen LogP contribution in [-0.4, -0.2) is 53.2 Å². The number of aromatic nitrogens is 4. The van der Waals surface area contributed by atoms with Crippen LogP contribution in [0.2, 0.25) is 0 Å². The van der Waals surface area contributed by atoms with Crippen molar-refractivity contribution in [3.63, 3.8) is 0 Å². The summed E-state index contributed by atoms with van der Waals surface area (Å²) >= 11 is 0. The summed E-state index contributed by atoms with van der Waals surface area (Å²) in [5.74, 6) is 2.90. The number of ether oxygens (including phenoxy) is 1. The van der Waals surface area contributed by atoms with Gasteiger partial charge < -0.3 is 20.3 Å². The minimum absolute atomic E-state index is 0.351. The summed E-state index contributed by atoms with van der Waals surface area (Å²) < 4.78 is 5.12. The van der Waals surface area contributed by atoms with Crippen LogP contribution in [0.25, 0.3) is 0 Å². The van der Waals surface area contributed by atoms with Gasteiger partial charge in [-0.05, 0) is 12.8 Å². The first-order chi connectivity index (χ1) is 11.3. The average Bonchev–Trinajstić information content (AvgIpc) is 3.09. The van der Waals surface area contributed by atoms with E-state index in [9.17, 15) is 0 Å². The Morgan fingerprint density at radius 1 is 1.35 bits per heavy atom. The van der Waals surface area contributed by atoms with Crippen LogP contribution in [0.4, 0.5) is 17.6 Å². The van der Waals surface area contributed by atoms with E-state index in [1.807, 2.05) is 13.1 Å². The highest BCUT2D eigenvalue weighted by Crippen LogP contribution is 2.25. The molecular weight excluding hydrogens is 294 g/mol. The predicted molar refractivity (Wildman–Crippen MR) is 89.0 cm³/mol. The van der Waals surface area contributed by atoms with E-state index in [2.05, 4.69) is 35.5 Å². The summed E-state index contributed by atoms with van der Waals surface area (Å²) in [4.78, 5) is 19.4. The lowest BCUT2D eigenvalue weighted by Crippen LogP contribution is -2.35. The number of rotatable bonds is 6. The third-order valence-electron chi connectivity index (χ3n) is 3.92. The minimum atomic E-state index is 0.351. The molecule has 0 amide bonds. The van der Waals surface area contributed by atoms with Crippen molar-refractivity contribution in [3.8, 4) is 5.88 Å². The Balaban J connectivity index is 1.66. The summed E-state index contributed by atoms with van der Waals surface area (Å²) in [5, 5.41) is 6.34. The molecule has 8 nitrogen and oxygen atoms in total. The first-order valence-electron chi connectivity index (χ1n) is 7.67. The number of hydrogen-bond acceptors (Lipinski definition) is 8. The average molecular weight is 315 g/mol. The van der Waals surface area contributed by atoms with Crippen molar-refractivity contribution < 1.29 is 4.74 Å². The summed E-state index contributed by atoms with van der Waals surface area (Å²) in [5.41, 5.74) is 0. The van der Waals surface area contributed by atoms with Crippen LogP contribution in [0, 0.1) is 0 Å². The molecule has 0 aromatic carbocycles. The summed E-state index contributed by atoms with van der Waals surface area (Å²) in [6.45, 7) is 1.75. The molecule has 0 unspecified atom stereocenters. The van der Waals surface area contributed by atoms with Crippen molar-refractivity contribution in [1.29, 1.82) is 0 Å². The van der Waals surface area contributed by atoms with Gasteiger partial charge in [0.05, 0.1) is 7.11 Å². The zero-order valence-electron chi connectivity index (χ0n) is 13.4. The first-order valence-corrected chi connectivity index (χ1v) is 7.67. The normalized spacial score (nSPS) is 17.1. The fourth-order valence-electron chi connectivity index (χ4n) is 2.74. The van der Waals surface area contributed by atoms with Gasteiger partial charge in [-0.2, -0.15) is 4.98 Å². The van der Waals surface area contributed by atoms with E-state index in [4.69, 9.17) is 4.74 Å². The zero-order valence-corrected chi connectivity index (χ0v) is 13.4. The standard InChI is InChI=1S/C15H21N7O/c1-16-12-8-13(20-10-19-12)22-7-3-4-11(22)9-18-15-17-6-5-14(21-15)23-2/h5-6,8,10-11H,3-4,7,9H2,1-2H3,(H,16,19,20)(H,17,18,21)/t11-/m1/s1. The topological polar surface area (TPSA) is 88.1 Å². The lowest BCUT2D eigenvalue weighted by atomic mass is 10.2. The molecule has 2 aromatic rings. The van der Waals surface area contributed by atoms with Crippen molar-refractivity contribution in [2.75, 3.05) is 42.8 Å². The monoisotopic (exact) mass is 315 g/mol. The molecule has 0 spiro atoms. The molecule has 0 aliphatic carbocycles. The van der Waals surface area contributed by atoms with Crippen LogP contribution >= 0.6 is 0 Å². The van der Waals surface area contributed by atoms with Gasteiger partial charge in [0.25, 0.3) is 0 Å². The van der Waals surface area contributed by atoms with Crippen LogP contribution in [0.15, 0.2) is 24.7 Å². The molecule has 1 atom stereocenters. The van der Waals surface area contributed by atoms with Gasteiger partial charge >= 0.3 is 0 Å². The van der Waals surface area contributed by atoms with Gasteiger partial charge in [-0.3, -0.25) is 0 Å². The summed E-state index contributed by atoms with van der Waals surface area (Å²) in [7, 11) is 3.45. The SMILES string of the molecule is CNc1cc(N2CCC[C@@H]2CNc2nccc(OC)n2)ncn1.